The molecule has 1 aromatic heterocycles. The number of rotatable bonds is 7. The number of nitrogens with one attached hydrogen (secondary N) is 1. The lowest BCUT2D eigenvalue weighted by molar-refractivity contribution is -0.149. The average molecular weight is 523 g/mol. The first-order valence-corrected chi connectivity index (χ1v) is 12.8. The third-order valence-corrected chi connectivity index (χ3v) is 6.89. The number of aryl methyl sites for hydroxylation is 3. The number of amides is 1. The van der Waals surface area contributed by atoms with Gasteiger partial charge in [0.1, 0.15) is 5.54 Å². The van der Waals surface area contributed by atoms with E-state index in [0.717, 1.165) is 11.1 Å². The number of ether oxygens (including phenoxy) is 1. The van der Waals surface area contributed by atoms with E-state index in [4.69, 9.17) is 4.74 Å². The molecule has 0 saturated heterocycles. The molecule has 2 N–H and O–H groups in total. The fraction of sp³-hybridized carbons (Fsp3) is 0.226. The van der Waals surface area contributed by atoms with Crippen LogP contribution < -0.4 is 15.0 Å². The second-order valence-corrected chi connectivity index (χ2v) is 9.78. The standard InChI is InChI=1S/C31H30N4O4/c1-20-10-9-11-23(16-20)19-35-26-15-8-7-14-25(26)31(32-18-27(35)36,24-12-5-4-6-13-24)28(29(37)38)39-30-33-21(2)17-22(3)34-30/h4-17,28,32H,18-19H2,1-3H3,(H,37,38)/t28-,31+/m1/s1. The van der Waals surface area contributed by atoms with Gasteiger partial charge in [0.25, 0.3) is 0 Å². The van der Waals surface area contributed by atoms with Crippen LogP contribution in [0.2, 0.25) is 0 Å². The second-order valence-electron chi connectivity index (χ2n) is 9.78. The van der Waals surface area contributed by atoms with Crippen LogP contribution in [0.25, 0.3) is 0 Å². The van der Waals surface area contributed by atoms with Crippen molar-refractivity contribution < 1.29 is 19.4 Å². The molecule has 2 atom stereocenters. The first kappa shape index (κ1) is 26.1. The highest BCUT2D eigenvalue weighted by atomic mass is 16.5. The van der Waals surface area contributed by atoms with Gasteiger partial charge < -0.3 is 14.7 Å². The van der Waals surface area contributed by atoms with Gasteiger partial charge in [-0.25, -0.2) is 14.8 Å². The van der Waals surface area contributed by atoms with Gasteiger partial charge >= 0.3 is 12.0 Å². The van der Waals surface area contributed by atoms with Crippen molar-refractivity contribution in [1.82, 2.24) is 15.3 Å². The van der Waals surface area contributed by atoms with E-state index in [2.05, 4.69) is 15.3 Å². The summed E-state index contributed by atoms with van der Waals surface area (Å²) >= 11 is 0. The predicted molar refractivity (Wildman–Crippen MR) is 148 cm³/mol. The van der Waals surface area contributed by atoms with Crippen LogP contribution in [-0.4, -0.2) is 39.6 Å². The molecule has 8 nitrogen and oxygen atoms in total. The lowest BCUT2D eigenvalue weighted by Crippen LogP contribution is -2.58. The number of carboxylic acids is 1. The smallest absolute Gasteiger partial charge is 0.347 e. The summed E-state index contributed by atoms with van der Waals surface area (Å²) in [6.07, 6.45) is -1.51. The number of carbonyl (C=O) groups is 2. The number of aliphatic carboxylic acids is 1. The summed E-state index contributed by atoms with van der Waals surface area (Å²) in [5, 5.41) is 14.0. The molecule has 0 spiro atoms. The molecule has 5 rings (SSSR count). The molecule has 0 fully saturated rings. The molecular formula is C31H30N4O4. The topological polar surface area (TPSA) is 105 Å². The Morgan fingerprint density at radius 1 is 0.974 bits per heavy atom. The van der Waals surface area contributed by atoms with E-state index < -0.39 is 17.6 Å². The van der Waals surface area contributed by atoms with Crippen LogP contribution in [0, 0.1) is 20.8 Å². The van der Waals surface area contributed by atoms with E-state index in [-0.39, 0.29) is 18.5 Å². The Kier molecular flexibility index (Phi) is 7.13. The summed E-state index contributed by atoms with van der Waals surface area (Å²) < 4.78 is 6.14. The van der Waals surface area contributed by atoms with E-state index >= 15 is 0 Å². The van der Waals surface area contributed by atoms with Crippen molar-refractivity contribution in [3.63, 3.8) is 0 Å². The highest BCUT2D eigenvalue weighted by molar-refractivity contribution is 5.97. The molecule has 198 valence electrons. The van der Waals surface area contributed by atoms with Crippen molar-refractivity contribution in [2.75, 3.05) is 11.4 Å². The summed E-state index contributed by atoms with van der Waals surface area (Å²) in [7, 11) is 0. The second kappa shape index (κ2) is 10.7. The summed E-state index contributed by atoms with van der Waals surface area (Å²) in [5.41, 5.74) is 3.78. The first-order chi connectivity index (χ1) is 18.8. The van der Waals surface area contributed by atoms with E-state index in [1.807, 2.05) is 85.8 Å². The number of carboxylic acid groups (broad SMARTS) is 1. The van der Waals surface area contributed by atoms with Crippen LogP contribution in [0.15, 0.2) is 84.9 Å². The first-order valence-electron chi connectivity index (χ1n) is 12.8. The van der Waals surface area contributed by atoms with Crippen LogP contribution in [0.4, 0.5) is 5.69 Å². The van der Waals surface area contributed by atoms with Crippen LogP contribution in [0.5, 0.6) is 6.01 Å². The van der Waals surface area contributed by atoms with Crippen molar-refractivity contribution in [2.45, 2.75) is 39.0 Å². The van der Waals surface area contributed by atoms with Crippen molar-refractivity contribution in [3.8, 4) is 6.01 Å². The molecule has 1 aliphatic heterocycles. The van der Waals surface area contributed by atoms with E-state index in [9.17, 15) is 14.7 Å². The Bertz CT molecular complexity index is 1500. The fourth-order valence-corrected chi connectivity index (χ4v) is 5.27. The Morgan fingerprint density at radius 2 is 1.67 bits per heavy atom. The third-order valence-electron chi connectivity index (χ3n) is 6.89. The summed E-state index contributed by atoms with van der Waals surface area (Å²) in [5.74, 6) is -1.41. The van der Waals surface area contributed by atoms with Crippen LogP contribution in [0.3, 0.4) is 0 Å². The summed E-state index contributed by atoms with van der Waals surface area (Å²) in [4.78, 5) is 37.1. The van der Waals surface area contributed by atoms with Crippen LogP contribution in [-0.2, 0) is 21.7 Å². The molecule has 0 saturated carbocycles. The lowest BCUT2D eigenvalue weighted by Gasteiger charge is -2.39. The molecule has 2 heterocycles. The van der Waals surface area contributed by atoms with Gasteiger partial charge in [0.15, 0.2) is 0 Å². The maximum atomic E-state index is 13.7. The number of nitrogens with zero attached hydrogens (tertiary/aromatic N) is 3. The molecule has 3 aromatic carbocycles. The molecule has 4 aromatic rings. The van der Waals surface area contributed by atoms with Crippen molar-refractivity contribution in [3.05, 3.63) is 119 Å². The summed E-state index contributed by atoms with van der Waals surface area (Å²) in [6.45, 7) is 5.82. The number of hydrogen-bond acceptors (Lipinski definition) is 6. The van der Waals surface area contributed by atoms with Gasteiger partial charge in [0.05, 0.1) is 13.1 Å². The fourth-order valence-electron chi connectivity index (χ4n) is 5.27. The van der Waals surface area contributed by atoms with Crippen molar-refractivity contribution >= 4 is 17.6 Å². The van der Waals surface area contributed by atoms with Crippen molar-refractivity contribution in [1.29, 1.82) is 0 Å². The van der Waals surface area contributed by atoms with Gasteiger partial charge in [0, 0.05) is 22.6 Å². The molecular weight excluding hydrogens is 492 g/mol. The maximum absolute atomic E-state index is 13.7. The molecule has 0 radical (unpaired) electrons. The van der Waals surface area contributed by atoms with Gasteiger partial charge in [-0.15, -0.1) is 0 Å². The van der Waals surface area contributed by atoms with Gasteiger partial charge in [-0.05, 0) is 44.0 Å². The van der Waals surface area contributed by atoms with Crippen LogP contribution >= 0.6 is 0 Å². The third kappa shape index (κ3) is 5.11. The molecule has 1 aliphatic rings. The zero-order chi connectivity index (χ0) is 27.6. The Labute approximate surface area is 227 Å². The molecule has 1 amide bonds. The molecule has 8 heteroatoms. The predicted octanol–water partition coefficient (Wildman–Crippen LogP) is 4.31. The molecule has 0 bridgehead atoms. The minimum Gasteiger partial charge on any atom is -0.478 e. The zero-order valence-electron chi connectivity index (χ0n) is 22.1. The largest absolute Gasteiger partial charge is 0.478 e. The van der Waals surface area contributed by atoms with Crippen molar-refractivity contribution in [2.24, 2.45) is 0 Å². The minimum absolute atomic E-state index is 0.0401. The Balaban J connectivity index is 1.72. The molecule has 0 aliphatic carbocycles. The maximum Gasteiger partial charge on any atom is 0.347 e. The summed E-state index contributed by atoms with van der Waals surface area (Å²) in [6, 6.07) is 26.3. The highest BCUT2D eigenvalue weighted by Gasteiger charge is 2.52. The normalized spacial score (nSPS) is 17.7. The molecule has 0 unspecified atom stereocenters. The number of carbonyl (C=O) groups excluding carboxylic acids is 1. The van der Waals surface area contributed by atoms with Gasteiger partial charge in [0.2, 0.25) is 12.0 Å². The molecule has 39 heavy (non-hydrogen) atoms. The van der Waals surface area contributed by atoms with E-state index in [1.165, 1.54) is 0 Å². The number of anilines is 1. The average Bonchev–Trinajstić information content (AvgIpc) is 3.03. The highest BCUT2D eigenvalue weighted by Crippen LogP contribution is 2.42. The number of benzene rings is 3. The van der Waals surface area contributed by atoms with E-state index in [1.54, 1.807) is 24.8 Å². The Hall–Kier alpha value is -4.56. The minimum atomic E-state index is -1.51. The Morgan fingerprint density at radius 3 is 2.36 bits per heavy atom. The van der Waals surface area contributed by atoms with Crippen LogP contribution in [0.1, 0.15) is 33.6 Å². The monoisotopic (exact) mass is 522 g/mol. The quantitative estimate of drug-likeness (QED) is 0.373. The van der Waals surface area contributed by atoms with Gasteiger partial charge in [-0.1, -0.05) is 78.4 Å². The van der Waals surface area contributed by atoms with E-state index in [0.29, 0.717) is 34.7 Å². The zero-order valence-corrected chi connectivity index (χ0v) is 22.1. The lowest BCUT2D eigenvalue weighted by atomic mass is 9.77. The number of para-hydroxylation sites is 1. The number of fused-ring (bicyclic) bond motifs is 1. The SMILES string of the molecule is Cc1cccc(CN2C(=O)CN[C@](c3ccccc3)([C@H](Oc3nc(C)cc(C)n3)C(=O)O)c3ccccc32)c1. The van der Waals surface area contributed by atoms with Gasteiger partial charge in [-0.3, -0.25) is 10.1 Å². The number of aromatic nitrogens is 2. The van der Waals surface area contributed by atoms with Gasteiger partial charge in [-0.2, -0.15) is 0 Å². The number of hydrogen-bond donors (Lipinski definition) is 2.